The van der Waals surface area contributed by atoms with Gasteiger partial charge in [0.05, 0.1) is 36.6 Å². The molecule has 6 heterocycles. The van der Waals surface area contributed by atoms with Crippen LogP contribution in [0.25, 0.3) is 0 Å². The molecule has 0 spiro atoms. The van der Waals surface area contributed by atoms with E-state index in [2.05, 4.69) is 56.2 Å². The van der Waals surface area contributed by atoms with Crippen LogP contribution in [0.1, 0.15) is 273 Å². The predicted molar refractivity (Wildman–Crippen MR) is 346 cm³/mol. The van der Waals surface area contributed by atoms with Crippen LogP contribution in [0.5, 0.6) is 0 Å². The first-order valence-electron chi connectivity index (χ1n) is 39.9. The summed E-state index contributed by atoms with van der Waals surface area (Å²) >= 11 is 0. The zero-order valence-electron chi connectivity index (χ0n) is 55.4. The smallest absolute Gasteiger partial charge is 0.151 e. The molecule has 6 aliphatic heterocycles. The predicted octanol–water partition coefficient (Wildman–Crippen LogP) is 17.6. The van der Waals surface area contributed by atoms with Gasteiger partial charge in [-0.3, -0.25) is 14.7 Å². The Morgan fingerprint density at radius 3 is 0.776 bits per heavy atom. The zero-order chi connectivity index (χ0) is 56.7. The van der Waals surface area contributed by atoms with E-state index < -0.39 is 0 Å². The summed E-state index contributed by atoms with van der Waals surface area (Å²) in [6.07, 6.45) is 56.1. The second-order valence-corrected chi connectivity index (χ2v) is 36.9. The number of rotatable bonds is 6. The summed E-state index contributed by atoms with van der Waals surface area (Å²) in [4.78, 5) is 10.2. The molecular weight excluding hydrogens is 1040 g/mol. The third-order valence-corrected chi connectivity index (χ3v) is 33.6. The summed E-state index contributed by atoms with van der Waals surface area (Å²) in [6, 6.07) is 7.21. The standard InChI is InChI=1S/C78H126BN3O3/c1-43-37-49(80-61-25-13-7-22-58(61)70-64(80)34-31-55-52-19-10-16-28-67(52)83-76(55)70)38-44(2)73(43)79(74-45(3)39-50(40-46(74)4)81-62-26-14-8-23-59(62)71-65(81)35-32-56-53-20-11-17-29-68(53)84-77(56)71)75-47(5)41-51(42-48(75)6)82-63-27-15-9-24-60(63)72-66(82)36-33-57-54-21-12-18-30-69(54)85-78(57)72/h43-78H,7-42H2,1-6H3. The van der Waals surface area contributed by atoms with Gasteiger partial charge in [-0.2, -0.15) is 0 Å². The van der Waals surface area contributed by atoms with Crippen LogP contribution in [0.2, 0.25) is 17.5 Å². The highest BCUT2D eigenvalue weighted by molar-refractivity contribution is 6.64. The van der Waals surface area contributed by atoms with Crippen molar-refractivity contribution in [2.45, 2.75) is 381 Å². The quantitative estimate of drug-likeness (QED) is 0.247. The summed E-state index contributed by atoms with van der Waals surface area (Å²) in [5.74, 6) is 17.8. The Bertz CT molecular complexity index is 2080. The third-order valence-electron chi connectivity index (χ3n) is 33.6. The number of nitrogens with zero attached hydrogens (tertiary/aromatic N) is 3. The van der Waals surface area contributed by atoms with Crippen LogP contribution in [0.4, 0.5) is 0 Å². The minimum atomic E-state index is 0.575. The summed E-state index contributed by atoms with van der Waals surface area (Å²) < 4.78 is 22.3. The van der Waals surface area contributed by atoms with Gasteiger partial charge in [-0.25, -0.2) is 0 Å². The Morgan fingerprint density at radius 1 is 0.247 bits per heavy atom. The Hall–Kier alpha value is -0.175. The molecule has 85 heavy (non-hydrogen) atoms. The first-order valence-corrected chi connectivity index (χ1v) is 39.9. The number of ether oxygens (including phenoxy) is 3. The molecule has 6 saturated heterocycles. The molecule has 30 atom stereocenters. The molecular formula is C78H126BN3O3. The average Bonchev–Trinajstić information content (AvgIpc) is 2.08. The lowest BCUT2D eigenvalue weighted by molar-refractivity contribution is -0.0504. The lowest BCUT2D eigenvalue weighted by Gasteiger charge is -2.58. The molecule has 0 bridgehead atoms. The Morgan fingerprint density at radius 2 is 0.494 bits per heavy atom. The SMILES string of the molecule is CC1CC(N2C3CCCCC3C3C4OC5CCCCC5C4CCC32)CC(C)C1B(C1C(C)CC(N2C3CCCCC3C3C4OC5CCCCC5C4CCC32)CC1C)C1C(C)CC(N2C3CCCCC3C3C4OC5CCCCC5C4CCC32)CC1C. The van der Waals surface area contributed by atoms with E-state index in [1.54, 1.807) is 0 Å². The van der Waals surface area contributed by atoms with Gasteiger partial charge in [-0.1, -0.05) is 136 Å². The maximum absolute atomic E-state index is 7.44. The topological polar surface area (TPSA) is 37.4 Å². The van der Waals surface area contributed by atoms with E-state index in [0.717, 1.165) is 185 Å². The second kappa shape index (κ2) is 22.8. The molecule has 0 radical (unpaired) electrons. The molecule has 18 fully saturated rings. The number of hydrogen-bond donors (Lipinski definition) is 0. The largest absolute Gasteiger partial charge is 0.374 e. The van der Waals surface area contributed by atoms with E-state index in [-0.39, 0.29) is 0 Å². The number of fused-ring (bicyclic) bond motifs is 21. The lowest BCUT2D eigenvalue weighted by Crippen LogP contribution is -2.58. The molecule has 0 amide bonds. The highest BCUT2D eigenvalue weighted by Gasteiger charge is 2.67. The van der Waals surface area contributed by atoms with Crippen LogP contribution in [0.3, 0.4) is 0 Å². The van der Waals surface area contributed by atoms with E-state index >= 15 is 0 Å². The normalized spacial score (nSPS) is 59.1. The van der Waals surface area contributed by atoms with Gasteiger partial charge >= 0.3 is 0 Å². The molecule has 0 aromatic rings. The first kappa shape index (κ1) is 57.5. The maximum atomic E-state index is 7.44. The van der Waals surface area contributed by atoms with Crippen molar-refractivity contribution in [3.8, 4) is 0 Å². The van der Waals surface area contributed by atoms with E-state index in [4.69, 9.17) is 14.2 Å². The van der Waals surface area contributed by atoms with Crippen LogP contribution < -0.4 is 0 Å². The number of likely N-dealkylation sites (tertiary alicyclic amines) is 3. The van der Waals surface area contributed by atoms with Gasteiger partial charge in [0, 0.05) is 72.1 Å². The van der Waals surface area contributed by atoms with Gasteiger partial charge in [0.25, 0.3) is 0 Å². The van der Waals surface area contributed by atoms with E-state index in [0.29, 0.717) is 36.6 Å². The molecule has 30 unspecified atom stereocenters. The fourth-order valence-corrected chi connectivity index (χ4v) is 31.7. The van der Waals surface area contributed by atoms with Crippen molar-refractivity contribution in [2.75, 3.05) is 0 Å². The van der Waals surface area contributed by atoms with Gasteiger partial charge in [-0.15, -0.1) is 0 Å². The molecule has 7 heteroatoms. The summed E-state index contributed by atoms with van der Waals surface area (Å²) in [7, 11) is 0. The molecule has 12 saturated carbocycles. The first-order chi connectivity index (χ1) is 41.7. The fourth-order valence-electron chi connectivity index (χ4n) is 31.7. The molecule has 6 nitrogen and oxygen atoms in total. The second-order valence-electron chi connectivity index (χ2n) is 36.9. The van der Waals surface area contributed by atoms with Crippen molar-refractivity contribution in [3.63, 3.8) is 0 Å². The Labute approximate surface area is 520 Å². The Kier molecular flexibility index (Phi) is 15.4. The third kappa shape index (κ3) is 9.06. The van der Waals surface area contributed by atoms with E-state index in [9.17, 15) is 0 Å². The highest BCUT2D eigenvalue weighted by Crippen LogP contribution is 2.66. The van der Waals surface area contributed by atoms with Gasteiger partial charge in [0.1, 0.15) is 0 Å². The summed E-state index contributed by atoms with van der Waals surface area (Å²) in [5, 5.41) is 0. The average molecular weight is 1160 g/mol. The molecule has 12 aliphatic carbocycles. The highest BCUT2D eigenvalue weighted by atomic mass is 16.5. The summed E-state index contributed by atoms with van der Waals surface area (Å²) in [6.45, 7) is 18.2. The van der Waals surface area contributed by atoms with Crippen LogP contribution in [0, 0.1) is 107 Å². The van der Waals surface area contributed by atoms with Crippen LogP contribution in [-0.2, 0) is 14.2 Å². The lowest BCUT2D eigenvalue weighted by atomic mass is 9.18. The minimum Gasteiger partial charge on any atom is -0.374 e. The molecule has 0 aromatic carbocycles. The number of hydrogen-bond acceptors (Lipinski definition) is 6. The summed E-state index contributed by atoms with van der Waals surface area (Å²) in [5.41, 5.74) is 0. The van der Waals surface area contributed by atoms with Gasteiger partial charge in [0.15, 0.2) is 6.71 Å². The monoisotopic (exact) mass is 1160 g/mol. The van der Waals surface area contributed by atoms with Crippen molar-refractivity contribution >= 4 is 6.71 Å². The van der Waals surface area contributed by atoms with E-state index in [1.807, 2.05) is 0 Å². The van der Waals surface area contributed by atoms with Crippen molar-refractivity contribution in [1.29, 1.82) is 0 Å². The zero-order valence-corrected chi connectivity index (χ0v) is 55.4. The van der Waals surface area contributed by atoms with Gasteiger partial charge < -0.3 is 14.2 Å². The van der Waals surface area contributed by atoms with Crippen LogP contribution in [0.15, 0.2) is 0 Å². The molecule has 18 aliphatic rings. The maximum Gasteiger partial charge on any atom is 0.151 e. The molecule has 0 aromatic heterocycles. The van der Waals surface area contributed by atoms with Gasteiger partial charge in [-0.05, 0) is 243 Å². The molecule has 474 valence electrons. The van der Waals surface area contributed by atoms with Gasteiger partial charge in [0.2, 0.25) is 0 Å². The van der Waals surface area contributed by atoms with Crippen LogP contribution in [-0.4, -0.2) is 112 Å². The van der Waals surface area contributed by atoms with Crippen molar-refractivity contribution in [1.82, 2.24) is 14.7 Å². The molecule has 18 rings (SSSR count). The van der Waals surface area contributed by atoms with Crippen LogP contribution >= 0.6 is 0 Å². The van der Waals surface area contributed by atoms with Crippen molar-refractivity contribution < 1.29 is 14.2 Å². The fraction of sp³-hybridized carbons (Fsp3) is 1.00. The van der Waals surface area contributed by atoms with E-state index in [1.165, 1.54) is 231 Å². The van der Waals surface area contributed by atoms with Crippen molar-refractivity contribution in [3.05, 3.63) is 0 Å². The molecule has 0 N–H and O–H groups in total. The Balaban J connectivity index is 0.645. The minimum absolute atomic E-state index is 0.575. The van der Waals surface area contributed by atoms with Crippen molar-refractivity contribution in [2.24, 2.45) is 107 Å².